The van der Waals surface area contributed by atoms with Gasteiger partial charge in [-0.2, -0.15) is 10.7 Å². The molecule has 0 amide bonds. The van der Waals surface area contributed by atoms with Crippen molar-refractivity contribution in [3.8, 4) is 0 Å². The van der Waals surface area contributed by atoms with Crippen LogP contribution in [-0.4, -0.2) is 4.86 Å². The van der Waals surface area contributed by atoms with Gasteiger partial charge in [-0.1, -0.05) is 60.7 Å². The van der Waals surface area contributed by atoms with Crippen molar-refractivity contribution in [1.82, 2.24) is 0 Å². The third-order valence-electron chi connectivity index (χ3n) is 2.84. The molecule has 2 aromatic carbocycles. The van der Waals surface area contributed by atoms with Gasteiger partial charge in [-0.3, -0.25) is 0 Å². The normalized spacial score (nSPS) is 13.2. The zero-order valence-corrected chi connectivity index (χ0v) is 9.94. The minimum Gasteiger partial charge on any atom is -0.695 e. The SMILES string of the molecule is NN=[N+]([O-])C(Cc1ccccc1)c1ccccc1. The molecule has 0 saturated heterocycles. The van der Waals surface area contributed by atoms with Gasteiger partial charge in [-0.15, -0.1) is 0 Å². The summed E-state index contributed by atoms with van der Waals surface area (Å²) in [4.78, 5) is 0.558. The molecule has 0 spiro atoms. The molecule has 2 rings (SSSR count). The van der Waals surface area contributed by atoms with Crippen molar-refractivity contribution < 1.29 is 4.86 Å². The number of rotatable bonds is 4. The molecule has 0 bridgehead atoms. The van der Waals surface area contributed by atoms with Crippen LogP contribution in [0.1, 0.15) is 17.2 Å². The van der Waals surface area contributed by atoms with Crippen LogP contribution in [0.3, 0.4) is 0 Å². The van der Waals surface area contributed by atoms with Gasteiger partial charge in [-0.05, 0) is 11.1 Å². The number of hydrogen-bond donors (Lipinski definition) is 1. The second-order valence-electron chi connectivity index (χ2n) is 4.03. The number of nitrogens with two attached hydrogens (primary N) is 1. The number of hydroxylamine groups is 1. The van der Waals surface area contributed by atoms with Crippen LogP contribution in [-0.2, 0) is 6.42 Å². The van der Waals surface area contributed by atoms with E-state index < -0.39 is 6.04 Å². The van der Waals surface area contributed by atoms with Crippen LogP contribution in [0.4, 0.5) is 0 Å². The van der Waals surface area contributed by atoms with Gasteiger partial charge >= 0.3 is 0 Å². The van der Waals surface area contributed by atoms with Gasteiger partial charge in [0, 0.05) is 6.42 Å². The summed E-state index contributed by atoms with van der Waals surface area (Å²) in [6.45, 7) is 0. The van der Waals surface area contributed by atoms with Crippen LogP contribution < -0.4 is 5.84 Å². The molecule has 18 heavy (non-hydrogen) atoms. The minimum atomic E-state index is -0.390. The molecule has 0 aliphatic heterocycles. The molecule has 0 aliphatic carbocycles. The largest absolute Gasteiger partial charge is 0.695 e. The molecule has 4 heteroatoms. The first-order chi connectivity index (χ1) is 8.81. The highest BCUT2D eigenvalue weighted by Gasteiger charge is 2.16. The molecule has 0 radical (unpaired) electrons. The molecule has 0 aliphatic rings. The molecule has 0 aromatic heterocycles. The second kappa shape index (κ2) is 5.82. The van der Waals surface area contributed by atoms with Gasteiger partial charge in [0.15, 0.2) is 6.04 Å². The van der Waals surface area contributed by atoms with Crippen molar-refractivity contribution in [3.63, 3.8) is 0 Å². The summed E-state index contributed by atoms with van der Waals surface area (Å²) < 4.78 is 0. The summed E-state index contributed by atoms with van der Waals surface area (Å²) in [5, 5.41) is 15.0. The fraction of sp³-hybridized carbons (Fsp3) is 0.143. The van der Waals surface area contributed by atoms with Gasteiger partial charge in [0.1, 0.15) is 0 Å². The lowest BCUT2D eigenvalue weighted by atomic mass is 9.99. The Morgan fingerprint density at radius 2 is 1.56 bits per heavy atom. The highest BCUT2D eigenvalue weighted by atomic mass is 16.5. The Morgan fingerprint density at radius 1 is 1.00 bits per heavy atom. The highest BCUT2D eigenvalue weighted by molar-refractivity contribution is 5.22. The lowest BCUT2D eigenvalue weighted by Gasteiger charge is -2.18. The van der Waals surface area contributed by atoms with Crippen molar-refractivity contribution in [1.29, 1.82) is 0 Å². The predicted molar refractivity (Wildman–Crippen MR) is 69.6 cm³/mol. The van der Waals surface area contributed by atoms with Gasteiger partial charge in [0.05, 0.1) is 5.22 Å². The van der Waals surface area contributed by atoms with Crippen molar-refractivity contribution in [2.75, 3.05) is 0 Å². The number of benzene rings is 2. The Hall–Kier alpha value is -2.36. The first-order valence-electron chi connectivity index (χ1n) is 5.77. The van der Waals surface area contributed by atoms with E-state index in [0.29, 0.717) is 11.3 Å². The fourth-order valence-corrected chi connectivity index (χ4v) is 1.92. The maximum atomic E-state index is 11.7. The standard InChI is InChI=1S/C14H15N3O/c15-16-17(18)14(13-9-5-2-6-10-13)11-12-7-3-1-4-8-12/h1-10,14H,11,15H2. The van der Waals surface area contributed by atoms with Crippen LogP contribution in [0.15, 0.2) is 65.9 Å². The Bertz CT molecular complexity index is 511. The van der Waals surface area contributed by atoms with E-state index in [4.69, 9.17) is 5.84 Å². The van der Waals surface area contributed by atoms with E-state index in [1.54, 1.807) is 0 Å². The van der Waals surface area contributed by atoms with Crippen LogP contribution in [0.25, 0.3) is 0 Å². The van der Waals surface area contributed by atoms with Crippen molar-refractivity contribution >= 4 is 0 Å². The molecule has 0 heterocycles. The Labute approximate surface area is 106 Å². The van der Waals surface area contributed by atoms with Crippen LogP contribution >= 0.6 is 0 Å². The molecule has 2 aromatic rings. The lowest BCUT2D eigenvalue weighted by molar-refractivity contribution is -0.576. The average Bonchev–Trinajstić information content (AvgIpc) is 2.46. The molecule has 92 valence electrons. The maximum Gasteiger partial charge on any atom is 0.150 e. The zero-order chi connectivity index (χ0) is 12.8. The predicted octanol–water partition coefficient (Wildman–Crippen LogP) is 2.81. The molecular formula is C14H15N3O. The topological polar surface area (TPSA) is 64.4 Å². The molecule has 0 fully saturated rings. The third kappa shape index (κ3) is 2.85. The van der Waals surface area contributed by atoms with E-state index in [-0.39, 0.29) is 0 Å². The Balaban J connectivity index is 2.27. The van der Waals surface area contributed by atoms with Gasteiger partial charge in [0.2, 0.25) is 0 Å². The highest BCUT2D eigenvalue weighted by Crippen LogP contribution is 2.21. The van der Waals surface area contributed by atoms with E-state index in [1.807, 2.05) is 60.7 Å². The molecular weight excluding hydrogens is 226 g/mol. The zero-order valence-electron chi connectivity index (χ0n) is 9.94. The Morgan fingerprint density at radius 3 is 2.11 bits per heavy atom. The smallest absolute Gasteiger partial charge is 0.150 e. The van der Waals surface area contributed by atoms with Crippen molar-refractivity contribution in [2.45, 2.75) is 12.5 Å². The van der Waals surface area contributed by atoms with E-state index in [2.05, 4.69) is 5.22 Å². The second-order valence-corrected chi connectivity index (χ2v) is 4.03. The monoisotopic (exact) mass is 241 g/mol. The minimum absolute atomic E-state index is 0.390. The van der Waals surface area contributed by atoms with E-state index in [1.165, 1.54) is 0 Å². The van der Waals surface area contributed by atoms with Gasteiger partial charge in [0.25, 0.3) is 0 Å². The summed E-state index contributed by atoms with van der Waals surface area (Å²) in [7, 11) is 0. The summed E-state index contributed by atoms with van der Waals surface area (Å²) in [5.41, 5.74) is 1.99. The van der Waals surface area contributed by atoms with Gasteiger partial charge < -0.3 is 5.21 Å². The van der Waals surface area contributed by atoms with Crippen molar-refractivity contribution in [3.05, 3.63) is 77.0 Å². The number of nitrogens with zero attached hydrogens (tertiary/aromatic N) is 2. The number of hydrogen-bond acceptors (Lipinski definition) is 2. The first-order valence-corrected chi connectivity index (χ1v) is 5.77. The third-order valence-corrected chi connectivity index (χ3v) is 2.84. The molecule has 0 saturated carbocycles. The van der Waals surface area contributed by atoms with Crippen LogP contribution in [0, 0.1) is 5.21 Å². The average molecular weight is 241 g/mol. The maximum absolute atomic E-state index is 11.7. The fourth-order valence-electron chi connectivity index (χ4n) is 1.92. The molecule has 1 unspecified atom stereocenters. The Kier molecular flexibility index (Phi) is 3.91. The molecule has 1 atom stereocenters. The van der Waals surface area contributed by atoms with Crippen molar-refractivity contribution in [2.24, 2.45) is 11.1 Å². The summed E-state index contributed by atoms with van der Waals surface area (Å²) in [5.74, 6) is 5.10. The van der Waals surface area contributed by atoms with E-state index >= 15 is 0 Å². The van der Waals surface area contributed by atoms with E-state index in [9.17, 15) is 5.21 Å². The molecule has 4 nitrogen and oxygen atoms in total. The summed E-state index contributed by atoms with van der Waals surface area (Å²) >= 11 is 0. The van der Waals surface area contributed by atoms with Crippen LogP contribution in [0.5, 0.6) is 0 Å². The molecule has 2 N–H and O–H groups in total. The quantitative estimate of drug-likeness (QED) is 0.387. The van der Waals surface area contributed by atoms with Gasteiger partial charge in [-0.25, -0.2) is 0 Å². The summed E-state index contributed by atoms with van der Waals surface area (Å²) in [6.07, 6.45) is 0.578. The van der Waals surface area contributed by atoms with Crippen LogP contribution in [0.2, 0.25) is 0 Å². The van der Waals surface area contributed by atoms with E-state index in [0.717, 1.165) is 11.1 Å². The lowest BCUT2D eigenvalue weighted by Crippen LogP contribution is -2.16. The first kappa shape index (κ1) is 12.1. The summed E-state index contributed by atoms with van der Waals surface area (Å²) in [6, 6.07) is 19.0.